The van der Waals surface area contributed by atoms with Crippen LogP contribution >= 0.6 is 11.3 Å². The second kappa shape index (κ2) is 6.81. The summed E-state index contributed by atoms with van der Waals surface area (Å²) in [5.74, 6) is 0.504. The van der Waals surface area contributed by atoms with Gasteiger partial charge >= 0.3 is 0 Å². The van der Waals surface area contributed by atoms with E-state index in [4.69, 9.17) is 0 Å². The number of carbonyl (C=O) groups is 1. The van der Waals surface area contributed by atoms with E-state index in [0.717, 1.165) is 33.4 Å². The number of aromatic amines is 1. The van der Waals surface area contributed by atoms with Crippen molar-refractivity contribution in [3.63, 3.8) is 0 Å². The largest absolute Gasteiger partial charge is 0.320 e. The maximum absolute atomic E-state index is 12.7. The maximum atomic E-state index is 12.7. The minimum Gasteiger partial charge on any atom is -0.320 e. The first-order valence-electron chi connectivity index (χ1n) is 8.42. The number of thiazole rings is 1. The number of anilines is 3. The lowest BCUT2D eigenvalue weighted by molar-refractivity contribution is 0.103. The van der Waals surface area contributed by atoms with Crippen molar-refractivity contribution in [2.75, 3.05) is 10.6 Å². The van der Waals surface area contributed by atoms with Crippen LogP contribution in [-0.2, 0) is 0 Å². The molecule has 0 aliphatic rings. The standard InChI is InChI=1S/C19H18N6OS/c1-10-5-7-16(22-12(10)3)23-19-20-9-15(27-19)18(26)24-17-11(2)4-6-14-13(17)8-21-25-14/h4-9H,1-3H3,(H,21,25)(H,24,26)(H,20,22,23). The fourth-order valence-electron chi connectivity index (χ4n) is 2.71. The van der Waals surface area contributed by atoms with Gasteiger partial charge in [-0.05, 0) is 44.0 Å². The molecule has 3 heterocycles. The van der Waals surface area contributed by atoms with Crippen molar-refractivity contribution in [2.45, 2.75) is 20.8 Å². The average Bonchev–Trinajstić information content (AvgIpc) is 3.30. The van der Waals surface area contributed by atoms with Gasteiger partial charge in [-0.3, -0.25) is 9.89 Å². The zero-order chi connectivity index (χ0) is 19.0. The highest BCUT2D eigenvalue weighted by Gasteiger charge is 2.15. The van der Waals surface area contributed by atoms with Gasteiger partial charge in [-0.25, -0.2) is 9.97 Å². The summed E-state index contributed by atoms with van der Waals surface area (Å²) in [6.07, 6.45) is 3.28. The van der Waals surface area contributed by atoms with Crippen molar-refractivity contribution in [2.24, 2.45) is 0 Å². The number of aromatic nitrogens is 4. The van der Waals surface area contributed by atoms with Crippen molar-refractivity contribution in [1.82, 2.24) is 20.2 Å². The van der Waals surface area contributed by atoms with Gasteiger partial charge in [0.2, 0.25) is 0 Å². The Morgan fingerprint density at radius 1 is 1.07 bits per heavy atom. The third kappa shape index (κ3) is 3.39. The molecule has 4 rings (SSSR count). The van der Waals surface area contributed by atoms with Gasteiger partial charge in [-0.1, -0.05) is 23.5 Å². The van der Waals surface area contributed by atoms with Crippen LogP contribution in [0, 0.1) is 20.8 Å². The Bertz CT molecular complexity index is 1150. The van der Waals surface area contributed by atoms with Crippen molar-refractivity contribution in [1.29, 1.82) is 0 Å². The topological polar surface area (TPSA) is 95.6 Å². The zero-order valence-corrected chi connectivity index (χ0v) is 15.9. The predicted molar refractivity (Wildman–Crippen MR) is 108 cm³/mol. The number of fused-ring (bicyclic) bond motifs is 1. The third-order valence-corrected chi connectivity index (χ3v) is 5.30. The quantitative estimate of drug-likeness (QED) is 0.491. The average molecular weight is 378 g/mol. The van der Waals surface area contributed by atoms with E-state index in [1.165, 1.54) is 11.3 Å². The molecule has 0 fully saturated rings. The van der Waals surface area contributed by atoms with E-state index in [1.54, 1.807) is 12.4 Å². The summed E-state index contributed by atoms with van der Waals surface area (Å²) in [7, 11) is 0. The number of pyridine rings is 1. The molecule has 0 radical (unpaired) electrons. The molecule has 0 bridgehead atoms. The molecule has 0 spiro atoms. The second-order valence-corrected chi connectivity index (χ2v) is 7.33. The summed E-state index contributed by atoms with van der Waals surface area (Å²) in [5, 5.41) is 14.6. The van der Waals surface area contributed by atoms with Crippen molar-refractivity contribution >= 4 is 44.8 Å². The Labute approximate surface area is 159 Å². The van der Waals surface area contributed by atoms with Crippen LogP contribution in [0.15, 0.2) is 36.7 Å². The normalized spacial score (nSPS) is 10.9. The summed E-state index contributed by atoms with van der Waals surface area (Å²) in [6, 6.07) is 7.78. The number of H-pyrrole nitrogens is 1. The molecule has 3 aromatic heterocycles. The number of nitrogens with zero attached hydrogens (tertiary/aromatic N) is 3. The molecular formula is C19H18N6OS. The molecule has 0 saturated heterocycles. The first-order chi connectivity index (χ1) is 13.0. The van der Waals surface area contributed by atoms with Gasteiger partial charge in [0.05, 0.1) is 23.6 Å². The predicted octanol–water partition coefficient (Wildman–Crippen LogP) is 4.34. The fourth-order valence-corrected chi connectivity index (χ4v) is 3.43. The van der Waals surface area contributed by atoms with Crippen LogP contribution in [0.3, 0.4) is 0 Å². The Morgan fingerprint density at radius 2 is 1.89 bits per heavy atom. The van der Waals surface area contributed by atoms with E-state index in [-0.39, 0.29) is 5.91 Å². The number of hydrogen-bond acceptors (Lipinski definition) is 6. The molecule has 0 aliphatic carbocycles. The lowest BCUT2D eigenvalue weighted by Gasteiger charge is -2.08. The summed E-state index contributed by atoms with van der Waals surface area (Å²) >= 11 is 1.28. The van der Waals surface area contributed by atoms with Crippen LogP contribution in [0.1, 0.15) is 26.5 Å². The minimum atomic E-state index is -0.203. The molecule has 0 aliphatic heterocycles. The molecular weight excluding hydrogens is 360 g/mol. The van der Waals surface area contributed by atoms with Crippen LogP contribution < -0.4 is 10.6 Å². The number of carbonyl (C=O) groups excluding carboxylic acids is 1. The van der Waals surface area contributed by atoms with Crippen LogP contribution in [0.2, 0.25) is 0 Å². The Hall–Kier alpha value is -3.26. The summed E-state index contributed by atoms with van der Waals surface area (Å²) in [5.41, 5.74) is 4.69. The minimum absolute atomic E-state index is 0.203. The Morgan fingerprint density at radius 3 is 2.70 bits per heavy atom. The number of benzene rings is 1. The van der Waals surface area contributed by atoms with Crippen molar-refractivity contribution < 1.29 is 4.79 Å². The van der Waals surface area contributed by atoms with Gasteiger partial charge < -0.3 is 10.6 Å². The van der Waals surface area contributed by atoms with Gasteiger partial charge in [0.15, 0.2) is 5.13 Å². The lowest BCUT2D eigenvalue weighted by Crippen LogP contribution is -2.11. The van der Waals surface area contributed by atoms with E-state index >= 15 is 0 Å². The number of hydrogen-bond donors (Lipinski definition) is 3. The molecule has 1 aromatic carbocycles. The molecule has 4 aromatic rings. The lowest BCUT2D eigenvalue weighted by atomic mass is 10.1. The SMILES string of the molecule is Cc1ccc(Nc2ncc(C(=O)Nc3c(C)ccc4[nH]ncc34)s2)nc1C. The van der Waals surface area contributed by atoms with E-state index in [0.29, 0.717) is 15.8 Å². The van der Waals surface area contributed by atoms with Gasteiger partial charge in [0.25, 0.3) is 5.91 Å². The first-order valence-corrected chi connectivity index (χ1v) is 9.24. The second-order valence-electron chi connectivity index (χ2n) is 6.30. The molecule has 3 N–H and O–H groups in total. The smallest absolute Gasteiger partial charge is 0.267 e. The fraction of sp³-hybridized carbons (Fsp3) is 0.158. The van der Waals surface area contributed by atoms with E-state index < -0.39 is 0 Å². The van der Waals surface area contributed by atoms with Crippen LogP contribution in [-0.4, -0.2) is 26.1 Å². The Balaban J connectivity index is 1.54. The van der Waals surface area contributed by atoms with Crippen molar-refractivity contribution in [3.05, 3.63) is 58.4 Å². The van der Waals surface area contributed by atoms with Gasteiger partial charge in [0, 0.05) is 11.1 Å². The molecule has 27 heavy (non-hydrogen) atoms. The summed E-state index contributed by atoms with van der Waals surface area (Å²) in [4.78, 5) is 22.0. The summed E-state index contributed by atoms with van der Waals surface area (Å²) < 4.78 is 0. The molecule has 0 saturated carbocycles. The number of amides is 1. The molecule has 0 atom stereocenters. The van der Waals surface area contributed by atoms with Gasteiger partial charge in [0.1, 0.15) is 10.7 Å². The number of rotatable bonds is 4. The molecule has 8 heteroatoms. The van der Waals surface area contributed by atoms with Crippen LogP contribution in [0.4, 0.5) is 16.6 Å². The van der Waals surface area contributed by atoms with E-state index in [9.17, 15) is 4.79 Å². The van der Waals surface area contributed by atoms with Crippen LogP contribution in [0.5, 0.6) is 0 Å². The van der Waals surface area contributed by atoms with E-state index in [2.05, 4.69) is 30.8 Å². The number of nitrogens with one attached hydrogen (secondary N) is 3. The van der Waals surface area contributed by atoms with E-state index in [1.807, 2.05) is 45.0 Å². The zero-order valence-electron chi connectivity index (χ0n) is 15.1. The third-order valence-electron chi connectivity index (χ3n) is 4.39. The molecule has 7 nitrogen and oxygen atoms in total. The van der Waals surface area contributed by atoms with Crippen molar-refractivity contribution in [3.8, 4) is 0 Å². The maximum Gasteiger partial charge on any atom is 0.267 e. The van der Waals surface area contributed by atoms with Crippen LogP contribution in [0.25, 0.3) is 10.9 Å². The summed E-state index contributed by atoms with van der Waals surface area (Å²) in [6.45, 7) is 5.92. The van der Waals surface area contributed by atoms with Gasteiger partial charge in [-0.2, -0.15) is 5.10 Å². The molecule has 0 unspecified atom stereocenters. The Kier molecular flexibility index (Phi) is 4.33. The number of aryl methyl sites for hydroxylation is 3. The first kappa shape index (κ1) is 17.2. The highest BCUT2D eigenvalue weighted by atomic mass is 32.1. The van der Waals surface area contributed by atoms with Gasteiger partial charge in [-0.15, -0.1) is 0 Å². The highest BCUT2D eigenvalue weighted by molar-refractivity contribution is 7.17. The molecule has 1 amide bonds. The monoisotopic (exact) mass is 378 g/mol. The molecule has 136 valence electrons. The highest BCUT2D eigenvalue weighted by Crippen LogP contribution is 2.28.